The van der Waals surface area contributed by atoms with Crippen molar-refractivity contribution >= 4 is 5.82 Å². The summed E-state index contributed by atoms with van der Waals surface area (Å²) < 4.78 is 0. The van der Waals surface area contributed by atoms with Gasteiger partial charge in [-0.2, -0.15) is 0 Å². The van der Waals surface area contributed by atoms with Crippen LogP contribution in [0, 0.1) is 5.92 Å². The van der Waals surface area contributed by atoms with Gasteiger partial charge in [0, 0.05) is 37.4 Å². The molecule has 0 aromatic carbocycles. The fourth-order valence-electron chi connectivity index (χ4n) is 3.35. The Morgan fingerprint density at radius 1 is 1.16 bits per heavy atom. The van der Waals surface area contributed by atoms with Crippen molar-refractivity contribution in [1.29, 1.82) is 0 Å². The van der Waals surface area contributed by atoms with E-state index in [9.17, 15) is 0 Å². The molecule has 0 aliphatic carbocycles. The molecule has 0 N–H and O–H groups in total. The Morgan fingerprint density at radius 3 is 2.74 bits per heavy atom. The summed E-state index contributed by atoms with van der Waals surface area (Å²) in [5.74, 6) is 2.38. The molecule has 4 nitrogen and oxygen atoms in total. The maximum atomic E-state index is 4.51. The first kappa shape index (κ1) is 12.9. The van der Waals surface area contributed by atoms with Gasteiger partial charge in [-0.3, -0.25) is 0 Å². The van der Waals surface area contributed by atoms with E-state index in [1.165, 1.54) is 19.4 Å². The number of hydrogen-bond donors (Lipinski definition) is 0. The smallest absolute Gasteiger partial charge is 0.132 e. The quantitative estimate of drug-likeness (QED) is 0.815. The molecule has 0 amide bonds. The fourth-order valence-corrected chi connectivity index (χ4v) is 3.35. The second kappa shape index (κ2) is 5.08. The topological polar surface area (TPSA) is 32.3 Å². The first-order valence-electron chi connectivity index (χ1n) is 7.40. The molecule has 2 bridgehead atoms. The van der Waals surface area contributed by atoms with Gasteiger partial charge in [-0.25, -0.2) is 9.97 Å². The van der Waals surface area contributed by atoms with E-state index in [2.05, 4.69) is 46.7 Å². The van der Waals surface area contributed by atoms with E-state index < -0.39 is 0 Å². The molecule has 0 saturated carbocycles. The molecule has 1 aromatic rings. The lowest BCUT2D eigenvalue weighted by Crippen LogP contribution is -2.41. The molecule has 4 rings (SSSR count). The predicted molar refractivity (Wildman–Crippen MR) is 77.5 cm³/mol. The van der Waals surface area contributed by atoms with Gasteiger partial charge < -0.3 is 9.80 Å². The van der Waals surface area contributed by atoms with Crippen molar-refractivity contribution in [3.05, 3.63) is 18.1 Å². The average molecular weight is 260 g/mol. The van der Waals surface area contributed by atoms with E-state index in [0.717, 1.165) is 30.5 Å². The maximum absolute atomic E-state index is 4.51. The Kier molecular flexibility index (Phi) is 3.44. The highest BCUT2D eigenvalue weighted by molar-refractivity contribution is 5.40. The van der Waals surface area contributed by atoms with Gasteiger partial charge in [-0.05, 0) is 31.7 Å². The van der Waals surface area contributed by atoms with Crippen LogP contribution in [0.2, 0.25) is 0 Å². The van der Waals surface area contributed by atoms with E-state index in [1.54, 1.807) is 6.33 Å². The Morgan fingerprint density at radius 2 is 2.00 bits per heavy atom. The normalized spacial score (nSPS) is 27.9. The van der Waals surface area contributed by atoms with Crippen molar-refractivity contribution in [2.45, 2.75) is 38.6 Å². The third-order valence-electron chi connectivity index (χ3n) is 4.58. The molecule has 3 aliphatic heterocycles. The highest BCUT2D eigenvalue weighted by atomic mass is 15.3. The van der Waals surface area contributed by atoms with Gasteiger partial charge in [0.2, 0.25) is 0 Å². The summed E-state index contributed by atoms with van der Waals surface area (Å²) in [7, 11) is 2.26. The molecule has 0 radical (unpaired) electrons. The molecule has 3 saturated heterocycles. The Hall–Kier alpha value is -1.16. The van der Waals surface area contributed by atoms with Gasteiger partial charge >= 0.3 is 0 Å². The average Bonchev–Trinajstić information content (AvgIpc) is 2.70. The zero-order valence-electron chi connectivity index (χ0n) is 12.2. The molecular weight excluding hydrogens is 236 g/mol. The lowest BCUT2D eigenvalue weighted by molar-refractivity contribution is 0.169. The maximum Gasteiger partial charge on any atom is 0.132 e. The van der Waals surface area contributed by atoms with E-state index in [4.69, 9.17) is 0 Å². The SMILES string of the molecule is CC(C)c1cc(N2C[C@H]3CC[C@@H](C2)N(C)C3)ncn1. The Balaban J connectivity index is 1.84. The number of anilines is 1. The monoisotopic (exact) mass is 260 g/mol. The summed E-state index contributed by atoms with van der Waals surface area (Å²) in [5, 5.41) is 0. The number of aromatic nitrogens is 2. The van der Waals surface area contributed by atoms with Crippen LogP contribution >= 0.6 is 0 Å². The summed E-state index contributed by atoms with van der Waals surface area (Å²) in [6.45, 7) is 7.87. The zero-order chi connectivity index (χ0) is 13.4. The second-order valence-electron chi connectivity index (χ2n) is 6.40. The van der Waals surface area contributed by atoms with Crippen LogP contribution in [0.5, 0.6) is 0 Å². The number of fused-ring (bicyclic) bond motifs is 4. The van der Waals surface area contributed by atoms with Gasteiger partial charge in [0.1, 0.15) is 12.1 Å². The van der Waals surface area contributed by atoms with Gasteiger partial charge in [0.15, 0.2) is 0 Å². The van der Waals surface area contributed by atoms with Crippen LogP contribution in [0.4, 0.5) is 5.82 Å². The molecule has 1 aromatic heterocycles. The minimum atomic E-state index is 0.466. The summed E-state index contributed by atoms with van der Waals surface area (Å²) in [5.41, 5.74) is 1.15. The van der Waals surface area contributed by atoms with Crippen molar-refractivity contribution in [1.82, 2.24) is 14.9 Å². The minimum Gasteiger partial charge on any atom is -0.355 e. The van der Waals surface area contributed by atoms with E-state index in [0.29, 0.717) is 12.0 Å². The molecule has 4 heterocycles. The van der Waals surface area contributed by atoms with Crippen molar-refractivity contribution in [2.75, 3.05) is 31.6 Å². The highest BCUT2D eigenvalue weighted by Crippen LogP contribution is 2.29. The van der Waals surface area contributed by atoms with Gasteiger partial charge in [0.25, 0.3) is 0 Å². The molecule has 0 spiro atoms. The molecule has 0 unspecified atom stereocenters. The van der Waals surface area contributed by atoms with Crippen LogP contribution in [-0.2, 0) is 0 Å². The van der Waals surface area contributed by atoms with Gasteiger partial charge in [-0.1, -0.05) is 13.8 Å². The van der Waals surface area contributed by atoms with Crippen molar-refractivity contribution in [3.63, 3.8) is 0 Å². The summed E-state index contributed by atoms with van der Waals surface area (Å²) in [6, 6.07) is 2.87. The molecular formula is C15H24N4. The highest BCUT2D eigenvalue weighted by Gasteiger charge is 2.33. The van der Waals surface area contributed by atoms with E-state index in [1.807, 2.05) is 0 Å². The lowest BCUT2D eigenvalue weighted by Gasteiger charge is -2.32. The van der Waals surface area contributed by atoms with Crippen molar-refractivity contribution in [2.24, 2.45) is 5.92 Å². The summed E-state index contributed by atoms with van der Waals surface area (Å²) in [4.78, 5) is 13.9. The molecule has 3 fully saturated rings. The summed E-state index contributed by atoms with van der Waals surface area (Å²) in [6.07, 6.45) is 4.43. The number of likely N-dealkylation sites (N-methyl/N-ethyl adjacent to an activating group) is 1. The number of rotatable bonds is 2. The third-order valence-corrected chi connectivity index (χ3v) is 4.58. The molecule has 19 heavy (non-hydrogen) atoms. The molecule has 104 valence electrons. The second-order valence-corrected chi connectivity index (χ2v) is 6.40. The standard InChI is InChI=1S/C15H24N4/c1-11(2)14-6-15(17-10-16-14)19-8-12-4-5-13(9-19)18(3)7-12/h6,10-13H,4-5,7-9H2,1-3H3/t12-,13-/m0/s1. The largest absolute Gasteiger partial charge is 0.355 e. The molecule has 2 atom stereocenters. The van der Waals surface area contributed by atoms with Gasteiger partial charge in [0.05, 0.1) is 0 Å². The van der Waals surface area contributed by atoms with Gasteiger partial charge in [-0.15, -0.1) is 0 Å². The predicted octanol–water partition coefficient (Wildman–Crippen LogP) is 2.13. The van der Waals surface area contributed by atoms with Crippen molar-refractivity contribution < 1.29 is 0 Å². The first-order chi connectivity index (χ1) is 9.13. The fraction of sp³-hybridized carbons (Fsp3) is 0.733. The van der Waals surface area contributed by atoms with Crippen LogP contribution < -0.4 is 4.90 Å². The van der Waals surface area contributed by atoms with Crippen LogP contribution in [0.15, 0.2) is 12.4 Å². The Bertz CT molecular complexity index is 446. The van der Waals surface area contributed by atoms with Crippen LogP contribution in [0.1, 0.15) is 38.3 Å². The number of nitrogens with zero attached hydrogens (tertiary/aromatic N) is 4. The van der Waals surface area contributed by atoms with Crippen LogP contribution in [0.25, 0.3) is 0 Å². The number of hydrogen-bond acceptors (Lipinski definition) is 4. The number of piperidine rings is 1. The lowest BCUT2D eigenvalue weighted by atomic mass is 9.96. The van der Waals surface area contributed by atoms with E-state index in [-0.39, 0.29) is 0 Å². The molecule has 3 aliphatic rings. The Labute approximate surface area is 115 Å². The third kappa shape index (κ3) is 2.59. The summed E-state index contributed by atoms with van der Waals surface area (Å²) >= 11 is 0. The zero-order valence-corrected chi connectivity index (χ0v) is 12.2. The first-order valence-corrected chi connectivity index (χ1v) is 7.40. The van der Waals surface area contributed by atoms with Crippen molar-refractivity contribution in [3.8, 4) is 0 Å². The molecule has 4 heteroatoms. The van der Waals surface area contributed by atoms with Crippen LogP contribution in [0.3, 0.4) is 0 Å². The minimum absolute atomic E-state index is 0.466. The van der Waals surface area contributed by atoms with E-state index >= 15 is 0 Å². The van der Waals surface area contributed by atoms with Crippen LogP contribution in [-0.4, -0.2) is 47.6 Å².